The molecule has 0 N–H and O–H groups in total. The number of unbranched alkanes of at least 4 members (excludes halogenated alkanes) is 5. The number of benzene rings is 3. The average molecular weight is 417 g/mol. The second-order valence-corrected chi connectivity index (χ2v) is 9.77. The van der Waals surface area contributed by atoms with Crippen LogP contribution >= 0.6 is 8.58 Å². The highest BCUT2D eigenvalue weighted by molar-refractivity contribution is 7.37. The predicted octanol–water partition coefficient (Wildman–Crippen LogP) is 8.45. The van der Waals surface area contributed by atoms with E-state index >= 15 is 0 Å². The minimum Gasteiger partial charge on any atom is -0.122 e. The molecule has 1 heteroatoms. The zero-order chi connectivity index (χ0) is 20.9. The summed E-state index contributed by atoms with van der Waals surface area (Å²) < 4.78 is 0. The lowest BCUT2D eigenvalue weighted by molar-refractivity contribution is 0.597. The van der Waals surface area contributed by atoms with Crippen molar-refractivity contribution >= 4 is 8.58 Å². The topological polar surface area (TPSA) is 0 Å². The quantitative estimate of drug-likeness (QED) is 0.149. The molecule has 0 radical (unpaired) electrons. The van der Waals surface area contributed by atoms with Crippen LogP contribution in [0.4, 0.5) is 0 Å². The van der Waals surface area contributed by atoms with Crippen LogP contribution < -0.4 is 0 Å². The predicted molar refractivity (Wildman–Crippen MR) is 135 cm³/mol. The van der Waals surface area contributed by atoms with Crippen LogP contribution in [0.15, 0.2) is 91.0 Å². The third-order valence-electron chi connectivity index (χ3n) is 6.18. The molecule has 1 atom stereocenters. The first-order valence-corrected chi connectivity index (χ1v) is 13.2. The lowest BCUT2D eigenvalue weighted by atomic mass is 9.68. The highest BCUT2D eigenvalue weighted by Gasteiger charge is 2.35. The summed E-state index contributed by atoms with van der Waals surface area (Å²) in [6, 6.07) is 33.4. The SMILES string of the molecule is CCCCCCCCPCCC(c1ccccc1)(c1ccccc1)c1ccccc1. The monoisotopic (exact) mass is 416 g/mol. The first-order valence-electron chi connectivity index (χ1n) is 11.7. The standard InChI is InChI=1S/C29H37P/c1-2-3-4-5-6-16-24-30-25-23-29(26-17-10-7-11-18-26,27-19-12-8-13-20-27)28-21-14-9-15-22-28/h7-15,17-22,30H,2-6,16,23-25H2,1H3. The van der Waals surface area contributed by atoms with Gasteiger partial charge in [-0.05, 0) is 41.9 Å². The summed E-state index contributed by atoms with van der Waals surface area (Å²) in [4.78, 5) is 0. The molecule has 0 saturated heterocycles. The van der Waals surface area contributed by atoms with Gasteiger partial charge in [0.25, 0.3) is 0 Å². The van der Waals surface area contributed by atoms with Crippen molar-refractivity contribution in [1.29, 1.82) is 0 Å². The molecule has 0 spiro atoms. The minimum absolute atomic E-state index is 0.0715. The number of hydrogen-bond acceptors (Lipinski definition) is 0. The van der Waals surface area contributed by atoms with Gasteiger partial charge in [0.1, 0.15) is 0 Å². The fourth-order valence-corrected chi connectivity index (χ4v) is 5.83. The van der Waals surface area contributed by atoms with Gasteiger partial charge in [-0.3, -0.25) is 0 Å². The van der Waals surface area contributed by atoms with Crippen LogP contribution in [-0.4, -0.2) is 12.3 Å². The summed E-state index contributed by atoms with van der Waals surface area (Å²) in [5.74, 6) is 0. The van der Waals surface area contributed by atoms with Crippen LogP contribution in [0.3, 0.4) is 0 Å². The molecular weight excluding hydrogens is 379 g/mol. The van der Waals surface area contributed by atoms with E-state index in [0.717, 1.165) is 8.58 Å². The van der Waals surface area contributed by atoms with Crippen molar-refractivity contribution in [3.63, 3.8) is 0 Å². The molecule has 0 fully saturated rings. The molecule has 3 rings (SSSR count). The molecule has 158 valence electrons. The van der Waals surface area contributed by atoms with E-state index in [-0.39, 0.29) is 5.41 Å². The van der Waals surface area contributed by atoms with Gasteiger partial charge >= 0.3 is 0 Å². The Morgan fingerprint density at radius 2 is 0.967 bits per heavy atom. The number of rotatable bonds is 13. The van der Waals surface area contributed by atoms with Crippen molar-refractivity contribution in [3.05, 3.63) is 108 Å². The third kappa shape index (κ3) is 6.05. The highest BCUT2D eigenvalue weighted by atomic mass is 31.1. The molecule has 0 amide bonds. The Hall–Kier alpha value is -1.91. The molecule has 30 heavy (non-hydrogen) atoms. The largest absolute Gasteiger partial charge is 0.122 e. The van der Waals surface area contributed by atoms with Crippen LogP contribution in [0.25, 0.3) is 0 Å². The summed E-state index contributed by atoms with van der Waals surface area (Å²) >= 11 is 0. The molecular formula is C29H37P. The van der Waals surface area contributed by atoms with Gasteiger partial charge in [-0.2, -0.15) is 0 Å². The van der Waals surface area contributed by atoms with Crippen molar-refractivity contribution in [3.8, 4) is 0 Å². The summed E-state index contributed by atoms with van der Waals surface area (Å²) in [5.41, 5.74) is 4.16. The van der Waals surface area contributed by atoms with E-state index in [4.69, 9.17) is 0 Å². The lowest BCUT2D eigenvalue weighted by Crippen LogP contribution is -2.30. The van der Waals surface area contributed by atoms with Gasteiger partial charge in [0.2, 0.25) is 0 Å². The van der Waals surface area contributed by atoms with E-state index in [9.17, 15) is 0 Å². The number of hydrogen-bond donors (Lipinski definition) is 0. The molecule has 0 saturated carbocycles. The van der Waals surface area contributed by atoms with Crippen molar-refractivity contribution in [2.45, 2.75) is 57.3 Å². The normalized spacial score (nSPS) is 11.9. The maximum atomic E-state index is 2.32. The first kappa shape index (κ1) is 22.8. The Balaban J connectivity index is 1.77. The molecule has 0 heterocycles. The van der Waals surface area contributed by atoms with Gasteiger partial charge in [-0.15, -0.1) is 8.58 Å². The van der Waals surface area contributed by atoms with Crippen LogP contribution in [0, 0.1) is 0 Å². The van der Waals surface area contributed by atoms with E-state index < -0.39 is 0 Å². The second-order valence-electron chi connectivity index (χ2n) is 8.27. The fraction of sp³-hybridized carbons (Fsp3) is 0.379. The van der Waals surface area contributed by atoms with Crippen LogP contribution in [0.5, 0.6) is 0 Å². The molecule has 0 nitrogen and oxygen atoms in total. The van der Waals surface area contributed by atoms with Crippen LogP contribution in [0.2, 0.25) is 0 Å². The zero-order valence-corrected chi connectivity index (χ0v) is 19.5. The summed E-state index contributed by atoms with van der Waals surface area (Å²) in [7, 11) is 1.05. The van der Waals surface area contributed by atoms with Gasteiger partial charge in [0, 0.05) is 5.41 Å². The molecule has 0 aliphatic rings. The fourth-order valence-electron chi connectivity index (χ4n) is 4.53. The lowest BCUT2D eigenvalue weighted by Gasteiger charge is -2.36. The molecule has 3 aromatic carbocycles. The first-order chi connectivity index (χ1) is 14.9. The Kier molecular flexibility index (Phi) is 9.65. The molecule has 0 aliphatic carbocycles. The molecule has 3 aromatic rings. The van der Waals surface area contributed by atoms with E-state index in [1.54, 1.807) is 0 Å². The van der Waals surface area contributed by atoms with Crippen molar-refractivity contribution in [2.24, 2.45) is 0 Å². The second kappa shape index (κ2) is 12.7. The maximum absolute atomic E-state index is 2.32. The van der Waals surface area contributed by atoms with E-state index in [1.807, 2.05) is 0 Å². The minimum atomic E-state index is -0.0715. The third-order valence-corrected chi connectivity index (χ3v) is 7.49. The summed E-state index contributed by atoms with van der Waals surface area (Å²) in [5, 5.41) is 0. The Bertz CT molecular complexity index is 714. The van der Waals surface area contributed by atoms with Crippen LogP contribution in [-0.2, 0) is 5.41 Å². The molecule has 0 aliphatic heterocycles. The molecule has 0 aromatic heterocycles. The highest BCUT2D eigenvalue weighted by Crippen LogP contribution is 2.43. The van der Waals surface area contributed by atoms with Crippen molar-refractivity contribution in [1.82, 2.24) is 0 Å². The zero-order valence-electron chi connectivity index (χ0n) is 18.5. The van der Waals surface area contributed by atoms with E-state index in [2.05, 4.69) is 97.9 Å². The average Bonchev–Trinajstić information content (AvgIpc) is 2.82. The van der Waals surface area contributed by atoms with E-state index in [0.29, 0.717) is 0 Å². The van der Waals surface area contributed by atoms with Crippen LogP contribution in [0.1, 0.15) is 68.6 Å². The molecule has 0 bridgehead atoms. The van der Waals surface area contributed by atoms with Gasteiger partial charge in [-0.25, -0.2) is 0 Å². The van der Waals surface area contributed by atoms with Gasteiger partial charge in [-0.1, -0.05) is 130 Å². The smallest absolute Gasteiger partial charge is 0.0454 e. The van der Waals surface area contributed by atoms with Gasteiger partial charge < -0.3 is 0 Å². The summed E-state index contributed by atoms with van der Waals surface area (Å²) in [6.07, 6.45) is 12.2. The Morgan fingerprint density at radius 1 is 0.533 bits per heavy atom. The molecule has 1 unspecified atom stereocenters. The summed E-state index contributed by atoms with van der Waals surface area (Å²) in [6.45, 7) is 2.29. The van der Waals surface area contributed by atoms with E-state index in [1.165, 1.54) is 74.0 Å². The van der Waals surface area contributed by atoms with Gasteiger partial charge in [0.05, 0.1) is 0 Å². The Morgan fingerprint density at radius 3 is 1.43 bits per heavy atom. The maximum Gasteiger partial charge on any atom is 0.0454 e. The van der Waals surface area contributed by atoms with Crippen molar-refractivity contribution in [2.75, 3.05) is 12.3 Å². The van der Waals surface area contributed by atoms with Crippen molar-refractivity contribution < 1.29 is 0 Å². The Labute approximate surface area is 185 Å². The van der Waals surface area contributed by atoms with Gasteiger partial charge in [0.15, 0.2) is 0 Å².